The number of hydrogen-bond donors (Lipinski definition) is 1. The van der Waals surface area contributed by atoms with E-state index in [2.05, 4.69) is 6.92 Å². The molecule has 1 saturated heterocycles. The third-order valence-corrected chi connectivity index (χ3v) is 5.10. The van der Waals surface area contributed by atoms with Gasteiger partial charge in [0.15, 0.2) is 0 Å². The highest BCUT2D eigenvalue weighted by molar-refractivity contribution is 7.89. The number of piperidine rings is 1. The average molecular weight is 249 g/mol. The minimum Gasteiger partial charge on any atom is -0.481 e. The summed E-state index contributed by atoms with van der Waals surface area (Å²) >= 11 is 0. The molecule has 0 amide bonds. The van der Waals surface area contributed by atoms with Crippen LogP contribution in [0.3, 0.4) is 0 Å². The maximum atomic E-state index is 11.8. The van der Waals surface area contributed by atoms with Crippen molar-refractivity contribution in [3.8, 4) is 0 Å². The molecule has 1 rings (SSSR count). The van der Waals surface area contributed by atoms with Crippen LogP contribution in [0, 0.1) is 11.8 Å². The predicted molar refractivity (Wildman–Crippen MR) is 60.6 cm³/mol. The van der Waals surface area contributed by atoms with Gasteiger partial charge >= 0.3 is 5.97 Å². The quantitative estimate of drug-likeness (QED) is 0.798. The van der Waals surface area contributed by atoms with Gasteiger partial charge in [0.25, 0.3) is 0 Å². The van der Waals surface area contributed by atoms with Gasteiger partial charge in [0.2, 0.25) is 10.0 Å². The van der Waals surface area contributed by atoms with E-state index in [1.165, 1.54) is 4.31 Å². The molecule has 0 aliphatic carbocycles. The molecule has 94 valence electrons. The van der Waals surface area contributed by atoms with Gasteiger partial charge in [-0.15, -0.1) is 0 Å². The molecule has 6 heteroatoms. The molecule has 0 aromatic heterocycles. The molecule has 2 unspecified atom stereocenters. The summed E-state index contributed by atoms with van der Waals surface area (Å²) in [6, 6.07) is 0. The Labute approximate surface area is 96.5 Å². The van der Waals surface area contributed by atoms with Crippen molar-refractivity contribution in [3.63, 3.8) is 0 Å². The fourth-order valence-electron chi connectivity index (χ4n) is 1.82. The van der Waals surface area contributed by atoms with Gasteiger partial charge < -0.3 is 5.11 Å². The van der Waals surface area contributed by atoms with Crippen LogP contribution in [-0.4, -0.2) is 42.6 Å². The topological polar surface area (TPSA) is 74.7 Å². The van der Waals surface area contributed by atoms with Crippen molar-refractivity contribution in [2.24, 2.45) is 11.8 Å². The molecule has 0 radical (unpaired) electrons. The summed E-state index contributed by atoms with van der Waals surface area (Å²) in [6.07, 6.45) is 0.538. The number of carbonyl (C=O) groups is 1. The standard InChI is InChI=1S/C10H19NO4S/c1-8-3-5-11(7-9(8)2)16(14,15)6-4-10(12)13/h8-9H,3-7H2,1-2H3,(H,12,13). The summed E-state index contributed by atoms with van der Waals surface area (Å²) in [7, 11) is -3.38. The fraction of sp³-hybridized carbons (Fsp3) is 0.900. The number of carboxylic acid groups (broad SMARTS) is 1. The third-order valence-electron chi connectivity index (χ3n) is 3.26. The summed E-state index contributed by atoms with van der Waals surface area (Å²) in [5, 5.41) is 8.49. The van der Waals surface area contributed by atoms with E-state index >= 15 is 0 Å². The van der Waals surface area contributed by atoms with Gasteiger partial charge in [-0.25, -0.2) is 12.7 Å². The normalized spacial score (nSPS) is 27.9. The van der Waals surface area contributed by atoms with Crippen LogP contribution in [0.4, 0.5) is 0 Å². The first kappa shape index (κ1) is 13.4. The van der Waals surface area contributed by atoms with E-state index in [1.807, 2.05) is 6.92 Å². The number of aliphatic carboxylic acids is 1. The van der Waals surface area contributed by atoms with Crippen molar-refractivity contribution in [1.29, 1.82) is 0 Å². The van der Waals surface area contributed by atoms with Crippen molar-refractivity contribution in [2.75, 3.05) is 18.8 Å². The van der Waals surface area contributed by atoms with Crippen molar-refractivity contribution < 1.29 is 18.3 Å². The molecule has 0 aromatic carbocycles. The number of hydrogen-bond acceptors (Lipinski definition) is 3. The summed E-state index contributed by atoms with van der Waals surface area (Å²) in [5.74, 6) is -0.482. The van der Waals surface area contributed by atoms with E-state index in [0.29, 0.717) is 24.9 Å². The van der Waals surface area contributed by atoms with Gasteiger partial charge in [-0.05, 0) is 18.3 Å². The Hall–Kier alpha value is -0.620. The Morgan fingerprint density at radius 2 is 2.00 bits per heavy atom. The lowest BCUT2D eigenvalue weighted by Gasteiger charge is -2.34. The average Bonchev–Trinajstić information content (AvgIpc) is 2.19. The first-order valence-electron chi connectivity index (χ1n) is 5.52. The summed E-state index contributed by atoms with van der Waals surface area (Å²) in [6.45, 7) is 5.19. The molecule has 0 bridgehead atoms. The molecular weight excluding hydrogens is 230 g/mol. The summed E-state index contributed by atoms with van der Waals surface area (Å²) in [4.78, 5) is 10.4. The highest BCUT2D eigenvalue weighted by Crippen LogP contribution is 2.24. The highest BCUT2D eigenvalue weighted by atomic mass is 32.2. The molecule has 1 fully saturated rings. The lowest BCUT2D eigenvalue weighted by atomic mass is 9.90. The SMILES string of the molecule is CC1CCN(S(=O)(=O)CCC(=O)O)CC1C. The zero-order valence-corrected chi connectivity index (χ0v) is 10.5. The van der Waals surface area contributed by atoms with Crippen molar-refractivity contribution in [1.82, 2.24) is 4.31 Å². The Morgan fingerprint density at radius 1 is 1.38 bits per heavy atom. The number of rotatable bonds is 4. The minimum atomic E-state index is -3.38. The summed E-state index contributed by atoms with van der Waals surface area (Å²) in [5.41, 5.74) is 0. The van der Waals surface area contributed by atoms with Gasteiger partial charge in [-0.2, -0.15) is 0 Å². The maximum Gasteiger partial charge on any atom is 0.304 e. The van der Waals surface area contributed by atoms with E-state index in [0.717, 1.165) is 6.42 Å². The first-order chi connectivity index (χ1) is 7.33. The maximum absolute atomic E-state index is 11.8. The van der Waals surface area contributed by atoms with Crippen LogP contribution < -0.4 is 0 Å². The molecule has 1 aliphatic rings. The molecule has 1 N–H and O–H groups in total. The second kappa shape index (κ2) is 5.14. The zero-order chi connectivity index (χ0) is 12.3. The van der Waals surface area contributed by atoms with E-state index < -0.39 is 16.0 Å². The molecule has 1 heterocycles. The molecule has 0 spiro atoms. The van der Waals surface area contributed by atoms with Crippen molar-refractivity contribution >= 4 is 16.0 Å². The predicted octanol–water partition coefficient (Wildman–Crippen LogP) is 0.769. The largest absolute Gasteiger partial charge is 0.481 e. The lowest BCUT2D eigenvalue weighted by molar-refractivity contribution is -0.136. The monoisotopic (exact) mass is 249 g/mol. The Morgan fingerprint density at radius 3 is 2.50 bits per heavy atom. The molecule has 5 nitrogen and oxygen atoms in total. The van der Waals surface area contributed by atoms with Crippen LogP contribution in [0.25, 0.3) is 0 Å². The zero-order valence-electron chi connectivity index (χ0n) is 9.72. The van der Waals surface area contributed by atoms with Crippen molar-refractivity contribution in [2.45, 2.75) is 26.7 Å². The van der Waals surface area contributed by atoms with Crippen LogP contribution in [0.15, 0.2) is 0 Å². The van der Waals surface area contributed by atoms with Gasteiger partial charge in [-0.3, -0.25) is 4.79 Å². The number of nitrogens with zero attached hydrogens (tertiary/aromatic N) is 1. The van der Waals surface area contributed by atoms with Crippen LogP contribution in [0.5, 0.6) is 0 Å². The molecule has 16 heavy (non-hydrogen) atoms. The van der Waals surface area contributed by atoms with Crippen LogP contribution in [-0.2, 0) is 14.8 Å². The van der Waals surface area contributed by atoms with Gasteiger partial charge in [-0.1, -0.05) is 13.8 Å². The van der Waals surface area contributed by atoms with Gasteiger partial charge in [0.05, 0.1) is 12.2 Å². The Balaban J connectivity index is 2.59. The van der Waals surface area contributed by atoms with E-state index in [-0.39, 0.29) is 12.2 Å². The van der Waals surface area contributed by atoms with Gasteiger partial charge in [0, 0.05) is 13.1 Å². The smallest absolute Gasteiger partial charge is 0.304 e. The molecule has 0 aromatic rings. The van der Waals surface area contributed by atoms with E-state index in [1.54, 1.807) is 0 Å². The van der Waals surface area contributed by atoms with Crippen LogP contribution in [0.1, 0.15) is 26.7 Å². The number of sulfonamides is 1. The fourth-order valence-corrected chi connectivity index (χ4v) is 3.36. The highest BCUT2D eigenvalue weighted by Gasteiger charge is 2.30. The number of carboxylic acids is 1. The summed E-state index contributed by atoms with van der Waals surface area (Å²) < 4.78 is 25.0. The Kier molecular flexibility index (Phi) is 4.32. The second-order valence-corrected chi connectivity index (χ2v) is 6.65. The van der Waals surface area contributed by atoms with E-state index in [9.17, 15) is 13.2 Å². The second-order valence-electron chi connectivity index (χ2n) is 4.56. The molecule has 1 aliphatic heterocycles. The minimum absolute atomic E-state index is 0.288. The lowest BCUT2D eigenvalue weighted by Crippen LogP contribution is -2.43. The molecule has 0 saturated carbocycles. The van der Waals surface area contributed by atoms with Gasteiger partial charge in [0.1, 0.15) is 0 Å². The first-order valence-corrected chi connectivity index (χ1v) is 7.13. The van der Waals surface area contributed by atoms with Crippen molar-refractivity contribution in [3.05, 3.63) is 0 Å². The molecule has 2 atom stereocenters. The van der Waals surface area contributed by atoms with Crippen LogP contribution in [0.2, 0.25) is 0 Å². The Bertz CT molecular complexity index is 352. The van der Waals surface area contributed by atoms with Crippen LogP contribution >= 0.6 is 0 Å². The molecular formula is C10H19NO4S. The van der Waals surface area contributed by atoms with E-state index in [4.69, 9.17) is 5.11 Å². The third kappa shape index (κ3) is 3.45.